The van der Waals surface area contributed by atoms with Gasteiger partial charge in [-0.2, -0.15) is 5.10 Å². The van der Waals surface area contributed by atoms with E-state index in [1.165, 1.54) is 0 Å². The van der Waals surface area contributed by atoms with Gasteiger partial charge in [-0.05, 0) is 24.1 Å². The van der Waals surface area contributed by atoms with Crippen molar-refractivity contribution in [3.05, 3.63) is 66.6 Å². The summed E-state index contributed by atoms with van der Waals surface area (Å²) in [4.78, 5) is 4.40. The molecular weight excluding hydrogens is 248 g/mol. The maximum Gasteiger partial charge on any atom is 0.153 e. The Bertz CT molecular complexity index is 684. The number of nitrogens with two attached hydrogens (primary N) is 1. The van der Waals surface area contributed by atoms with Crippen LogP contribution in [0.1, 0.15) is 18.5 Å². The Morgan fingerprint density at radius 3 is 2.45 bits per heavy atom. The van der Waals surface area contributed by atoms with Crippen molar-refractivity contribution in [1.29, 1.82) is 0 Å². The zero-order valence-electron chi connectivity index (χ0n) is 11.3. The van der Waals surface area contributed by atoms with Crippen molar-refractivity contribution in [2.24, 2.45) is 5.73 Å². The molecule has 3 aromatic rings. The molecule has 0 fully saturated rings. The Balaban J connectivity index is 1.90. The van der Waals surface area contributed by atoms with Gasteiger partial charge in [0.1, 0.15) is 0 Å². The first-order chi connectivity index (χ1) is 9.74. The van der Waals surface area contributed by atoms with Gasteiger partial charge in [0.05, 0.1) is 6.20 Å². The molecule has 100 valence electrons. The molecule has 20 heavy (non-hydrogen) atoms. The minimum absolute atomic E-state index is 0.00551. The van der Waals surface area contributed by atoms with Gasteiger partial charge in [-0.3, -0.25) is 0 Å². The van der Waals surface area contributed by atoms with Crippen molar-refractivity contribution in [2.75, 3.05) is 0 Å². The Morgan fingerprint density at radius 1 is 1.00 bits per heavy atom. The van der Waals surface area contributed by atoms with Crippen molar-refractivity contribution in [3.8, 4) is 16.9 Å². The highest BCUT2D eigenvalue weighted by Gasteiger charge is 2.05. The highest BCUT2D eigenvalue weighted by Crippen LogP contribution is 2.19. The van der Waals surface area contributed by atoms with Crippen LogP contribution in [0.2, 0.25) is 0 Å². The molecular formula is C16H16N4. The van der Waals surface area contributed by atoms with Crippen LogP contribution in [-0.4, -0.2) is 14.8 Å². The predicted octanol–water partition coefficient (Wildman–Crippen LogP) is 2.95. The van der Waals surface area contributed by atoms with E-state index in [1.807, 2.05) is 49.6 Å². The monoisotopic (exact) mass is 264 g/mol. The zero-order chi connectivity index (χ0) is 13.9. The Morgan fingerprint density at radius 2 is 1.80 bits per heavy atom. The number of hydrogen-bond donors (Lipinski definition) is 1. The Kier molecular flexibility index (Phi) is 3.31. The molecule has 3 rings (SSSR count). The number of hydrogen-bond acceptors (Lipinski definition) is 3. The van der Waals surface area contributed by atoms with Crippen LogP contribution in [0.4, 0.5) is 0 Å². The lowest BCUT2D eigenvalue weighted by atomic mass is 10.1. The fourth-order valence-electron chi connectivity index (χ4n) is 2.03. The summed E-state index contributed by atoms with van der Waals surface area (Å²) in [6, 6.07) is 14.1. The molecule has 2 aromatic heterocycles. The van der Waals surface area contributed by atoms with E-state index in [0.29, 0.717) is 0 Å². The summed E-state index contributed by atoms with van der Waals surface area (Å²) in [6.45, 7) is 1.94. The second-order valence-electron chi connectivity index (χ2n) is 4.78. The normalized spacial score (nSPS) is 12.3. The van der Waals surface area contributed by atoms with E-state index in [1.54, 1.807) is 10.9 Å². The number of nitrogens with zero attached hydrogens (tertiary/aromatic N) is 3. The van der Waals surface area contributed by atoms with E-state index in [-0.39, 0.29) is 6.04 Å². The molecule has 0 aliphatic rings. The first-order valence-corrected chi connectivity index (χ1v) is 6.56. The molecule has 1 unspecified atom stereocenters. The molecule has 0 amide bonds. The van der Waals surface area contributed by atoms with E-state index in [2.05, 4.69) is 22.2 Å². The molecule has 0 radical (unpaired) electrons. The first kappa shape index (κ1) is 12.6. The van der Waals surface area contributed by atoms with Gasteiger partial charge >= 0.3 is 0 Å². The zero-order valence-corrected chi connectivity index (χ0v) is 11.3. The lowest BCUT2D eigenvalue weighted by Crippen LogP contribution is -2.06. The molecule has 0 aliphatic heterocycles. The molecule has 0 spiro atoms. The number of aromatic nitrogens is 3. The van der Waals surface area contributed by atoms with Crippen molar-refractivity contribution < 1.29 is 0 Å². The highest BCUT2D eigenvalue weighted by atomic mass is 15.3. The average Bonchev–Trinajstić information content (AvgIpc) is 2.98. The van der Waals surface area contributed by atoms with Crippen molar-refractivity contribution in [3.63, 3.8) is 0 Å². The van der Waals surface area contributed by atoms with Crippen LogP contribution in [-0.2, 0) is 0 Å². The molecule has 4 nitrogen and oxygen atoms in total. The molecule has 0 bridgehead atoms. The summed E-state index contributed by atoms with van der Waals surface area (Å²) in [5.41, 5.74) is 9.06. The van der Waals surface area contributed by atoms with Crippen LogP contribution < -0.4 is 5.73 Å². The molecule has 0 saturated heterocycles. The van der Waals surface area contributed by atoms with E-state index in [4.69, 9.17) is 5.73 Å². The maximum atomic E-state index is 5.82. The summed E-state index contributed by atoms with van der Waals surface area (Å²) in [5, 5.41) is 4.36. The largest absolute Gasteiger partial charge is 0.324 e. The molecule has 4 heteroatoms. The molecule has 1 aromatic carbocycles. The fourth-order valence-corrected chi connectivity index (χ4v) is 2.03. The van der Waals surface area contributed by atoms with Crippen molar-refractivity contribution in [1.82, 2.24) is 14.8 Å². The lowest BCUT2D eigenvalue weighted by Gasteiger charge is -2.05. The summed E-state index contributed by atoms with van der Waals surface area (Å²) >= 11 is 0. The van der Waals surface area contributed by atoms with Crippen molar-refractivity contribution in [2.45, 2.75) is 13.0 Å². The smallest absolute Gasteiger partial charge is 0.153 e. The topological polar surface area (TPSA) is 56.7 Å². The Hall–Kier alpha value is -2.46. The molecule has 0 saturated carbocycles. The first-order valence-electron chi connectivity index (χ1n) is 6.56. The van der Waals surface area contributed by atoms with Gasteiger partial charge in [0.15, 0.2) is 5.82 Å². The minimum atomic E-state index is -0.00551. The second-order valence-corrected chi connectivity index (χ2v) is 4.78. The maximum absolute atomic E-state index is 5.82. The summed E-state index contributed by atoms with van der Waals surface area (Å²) < 4.78 is 1.77. The number of benzene rings is 1. The van der Waals surface area contributed by atoms with Crippen LogP contribution >= 0.6 is 0 Å². The number of pyridine rings is 1. The molecule has 1 atom stereocenters. The second kappa shape index (κ2) is 5.27. The predicted molar refractivity (Wildman–Crippen MR) is 79.4 cm³/mol. The van der Waals surface area contributed by atoms with Crippen molar-refractivity contribution >= 4 is 0 Å². The summed E-state index contributed by atoms with van der Waals surface area (Å²) in [7, 11) is 0. The standard InChI is InChI=1S/C16H16N4/c1-12(17)14-7-8-16(18-9-14)20-11-15(10-19-20)13-5-3-2-4-6-13/h2-12H,17H2,1H3. The van der Waals surface area contributed by atoms with Gasteiger partial charge in [0.2, 0.25) is 0 Å². The van der Waals surface area contributed by atoms with Gasteiger partial charge in [-0.15, -0.1) is 0 Å². The minimum Gasteiger partial charge on any atom is -0.324 e. The fraction of sp³-hybridized carbons (Fsp3) is 0.125. The van der Waals surface area contributed by atoms with Crippen LogP contribution in [0.25, 0.3) is 16.9 Å². The number of rotatable bonds is 3. The Labute approximate surface area is 117 Å². The van der Waals surface area contributed by atoms with E-state index < -0.39 is 0 Å². The van der Waals surface area contributed by atoms with Gasteiger partial charge in [0.25, 0.3) is 0 Å². The average molecular weight is 264 g/mol. The van der Waals surface area contributed by atoms with Gasteiger partial charge in [-0.1, -0.05) is 36.4 Å². The summed E-state index contributed by atoms with van der Waals surface area (Å²) in [5.74, 6) is 0.789. The van der Waals surface area contributed by atoms with Gasteiger partial charge in [0, 0.05) is 24.0 Å². The lowest BCUT2D eigenvalue weighted by molar-refractivity contribution is 0.797. The third-order valence-electron chi connectivity index (χ3n) is 3.22. The van der Waals surface area contributed by atoms with Gasteiger partial charge in [-0.25, -0.2) is 9.67 Å². The molecule has 0 aliphatic carbocycles. The third-order valence-corrected chi connectivity index (χ3v) is 3.22. The van der Waals surface area contributed by atoms with Crippen LogP contribution in [0.15, 0.2) is 61.1 Å². The van der Waals surface area contributed by atoms with E-state index in [0.717, 1.165) is 22.5 Å². The summed E-state index contributed by atoms with van der Waals surface area (Å²) in [6.07, 6.45) is 5.61. The van der Waals surface area contributed by atoms with E-state index in [9.17, 15) is 0 Å². The molecule has 2 heterocycles. The van der Waals surface area contributed by atoms with Crippen LogP contribution in [0.3, 0.4) is 0 Å². The van der Waals surface area contributed by atoms with Crippen LogP contribution in [0, 0.1) is 0 Å². The molecule has 2 N–H and O–H groups in total. The van der Waals surface area contributed by atoms with E-state index >= 15 is 0 Å². The third kappa shape index (κ3) is 2.46. The SMILES string of the molecule is CC(N)c1ccc(-n2cc(-c3ccccc3)cn2)nc1. The highest BCUT2D eigenvalue weighted by molar-refractivity contribution is 5.61. The van der Waals surface area contributed by atoms with Crippen LogP contribution in [0.5, 0.6) is 0 Å². The van der Waals surface area contributed by atoms with Gasteiger partial charge < -0.3 is 5.73 Å². The quantitative estimate of drug-likeness (QED) is 0.791.